The van der Waals surface area contributed by atoms with Gasteiger partial charge in [-0.1, -0.05) is 0 Å². The summed E-state index contributed by atoms with van der Waals surface area (Å²) >= 11 is 0. The van der Waals surface area contributed by atoms with Crippen LogP contribution >= 0.6 is 0 Å². The van der Waals surface area contributed by atoms with Crippen LogP contribution < -0.4 is 4.74 Å². The molecule has 0 amide bonds. The largest absolute Gasteiger partial charge is 0.485 e. The second kappa shape index (κ2) is 4.53. The average Bonchev–Trinajstić information content (AvgIpc) is 2.78. The van der Waals surface area contributed by atoms with Crippen molar-refractivity contribution in [2.45, 2.75) is 6.61 Å². The molecule has 2 rings (SSSR count). The number of hydrogen-bond donors (Lipinski definition) is 2. The van der Waals surface area contributed by atoms with Crippen LogP contribution in [0.15, 0.2) is 12.3 Å². The Morgan fingerprint density at radius 2 is 2.05 bits per heavy atom. The van der Waals surface area contributed by atoms with Gasteiger partial charge in [0.15, 0.2) is 0 Å². The number of aromatic nitrogens is 1. The van der Waals surface area contributed by atoms with E-state index in [2.05, 4.69) is 4.98 Å². The van der Waals surface area contributed by atoms with E-state index in [1.165, 1.54) is 6.20 Å². The molecule has 0 bridgehead atoms. The molecule has 19 heavy (non-hydrogen) atoms. The molecule has 9 nitrogen and oxygen atoms in total. The number of nitro benzene ring substituents is 2. The lowest BCUT2D eigenvalue weighted by molar-refractivity contribution is -0.394. The molecule has 2 N–H and O–H groups in total. The van der Waals surface area contributed by atoms with Gasteiger partial charge < -0.3 is 14.8 Å². The second-order valence-corrected chi connectivity index (χ2v) is 3.69. The minimum atomic E-state index is -0.763. The van der Waals surface area contributed by atoms with Gasteiger partial charge in [-0.3, -0.25) is 20.2 Å². The van der Waals surface area contributed by atoms with E-state index in [9.17, 15) is 20.2 Å². The van der Waals surface area contributed by atoms with Gasteiger partial charge in [0.2, 0.25) is 0 Å². The van der Waals surface area contributed by atoms with Gasteiger partial charge in [0, 0.05) is 17.8 Å². The zero-order valence-electron chi connectivity index (χ0n) is 9.74. The quantitative estimate of drug-likeness (QED) is 0.637. The molecule has 0 fully saturated rings. The van der Waals surface area contributed by atoms with Crippen molar-refractivity contribution < 1.29 is 19.7 Å². The van der Waals surface area contributed by atoms with Crippen LogP contribution in [-0.4, -0.2) is 27.0 Å². The van der Waals surface area contributed by atoms with E-state index in [4.69, 9.17) is 9.84 Å². The van der Waals surface area contributed by atoms with Gasteiger partial charge >= 0.3 is 11.4 Å². The Morgan fingerprint density at radius 3 is 2.53 bits per heavy atom. The Hall–Kier alpha value is -2.68. The molecule has 0 radical (unpaired) electrons. The third kappa shape index (κ3) is 1.85. The van der Waals surface area contributed by atoms with Crippen molar-refractivity contribution in [2.75, 3.05) is 7.11 Å². The number of nitrogens with zero attached hydrogens (tertiary/aromatic N) is 2. The van der Waals surface area contributed by atoms with Crippen LogP contribution in [0.25, 0.3) is 10.9 Å². The number of rotatable bonds is 4. The summed E-state index contributed by atoms with van der Waals surface area (Å²) < 4.78 is 4.80. The van der Waals surface area contributed by atoms with Gasteiger partial charge in [0.05, 0.1) is 34.5 Å². The summed E-state index contributed by atoms with van der Waals surface area (Å²) in [7, 11) is 1.12. The molecule has 1 heterocycles. The molecule has 0 aliphatic rings. The van der Waals surface area contributed by atoms with Gasteiger partial charge in [0.25, 0.3) is 5.75 Å². The Bertz CT molecular complexity index is 677. The molecular formula is C10H9N3O6. The lowest BCUT2D eigenvalue weighted by Gasteiger charge is -2.04. The zero-order valence-corrected chi connectivity index (χ0v) is 9.74. The van der Waals surface area contributed by atoms with E-state index in [1.54, 1.807) is 0 Å². The fraction of sp³-hybridized carbons (Fsp3) is 0.200. The Morgan fingerprint density at radius 1 is 1.37 bits per heavy atom. The molecule has 100 valence electrons. The molecule has 1 aromatic carbocycles. The van der Waals surface area contributed by atoms with Crippen LogP contribution in [0.3, 0.4) is 0 Å². The summed E-state index contributed by atoms with van der Waals surface area (Å²) in [6.45, 7) is -0.429. The number of methoxy groups -OCH3 is 1. The first-order chi connectivity index (χ1) is 9.01. The zero-order chi connectivity index (χ0) is 14.2. The summed E-state index contributed by atoms with van der Waals surface area (Å²) in [6.07, 6.45) is 1.36. The van der Waals surface area contributed by atoms with Crippen molar-refractivity contribution in [3.8, 4) is 5.75 Å². The predicted octanol–water partition coefficient (Wildman–Crippen LogP) is 1.49. The summed E-state index contributed by atoms with van der Waals surface area (Å²) in [5.41, 5.74) is -0.566. The number of nitro groups is 2. The molecule has 0 atom stereocenters. The van der Waals surface area contributed by atoms with Gasteiger partial charge in [-0.25, -0.2) is 0 Å². The van der Waals surface area contributed by atoms with Gasteiger partial charge in [-0.2, -0.15) is 0 Å². The predicted molar refractivity (Wildman–Crippen MR) is 64.1 cm³/mol. The molecule has 1 aromatic heterocycles. The molecule has 9 heteroatoms. The van der Waals surface area contributed by atoms with Crippen molar-refractivity contribution in [1.29, 1.82) is 0 Å². The number of H-pyrrole nitrogens is 1. The fourth-order valence-corrected chi connectivity index (χ4v) is 1.95. The minimum absolute atomic E-state index is 0.106. The molecular weight excluding hydrogens is 258 g/mol. The third-order valence-corrected chi connectivity index (χ3v) is 2.71. The molecule has 0 saturated heterocycles. The summed E-state index contributed by atoms with van der Waals surface area (Å²) in [6, 6.07) is 1.14. The highest BCUT2D eigenvalue weighted by molar-refractivity contribution is 5.97. The normalized spacial score (nSPS) is 10.6. The first kappa shape index (κ1) is 12.8. The number of ether oxygens (including phenoxy) is 1. The average molecular weight is 267 g/mol. The number of aromatic amines is 1. The standard InChI is InChI=1S/C10H9N3O6/c1-19-10-7(12(15)16)2-6-8(9(10)13(17)18)5(4-14)3-11-6/h2-3,11,14H,4H2,1H3. The highest BCUT2D eigenvalue weighted by Gasteiger charge is 2.32. The first-order valence-electron chi connectivity index (χ1n) is 5.11. The van der Waals surface area contributed by atoms with Crippen molar-refractivity contribution >= 4 is 22.3 Å². The van der Waals surface area contributed by atoms with Crippen LogP contribution in [0.2, 0.25) is 0 Å². The summed E-state index contributed by atoms with van der Waals surface area (Å²) in [4.78, 5) is 23.2. The van der Waals surface area contributed by atoms with Gasteiger partial charge in [-0.05, 0) is 0 Å². The smallest absolute Gasteiger partial charge is 0.327 e. The molecule has 0 unspecified atom stereocenters. The number of hydrogen-bond acceptors (Lipinski definition) is 6. The topological polar surface area (TPSA) is 132 Å². The monoisotopic (exact) mass is 267 g/mol. The Labute approximate surface area is 105 Å². The van der Waals surface area contributed by atoms with Crippen LogP contribution in [0, 0.1) is 20.2 Å². The third-order valence-electron chi connectivity index (χ3n) is 2.71. The van der Waals surface area contributed by atoms with Crippen molar-refractivity contribution in [2.24, 2.45) is 0 Å². The van der Waals surface area contributed by atoms with Gasteiger partial charge in [-0.15, -0.1) is 0 Å². The van der Waals surface area contributed by atoms with E-state index < -0.39 is 33.6 Å². The minimum Gasteiger partial charge on any atom is -0.485 e. The van der Waals surface area contributed by atoms with Crippen LogP contribution in [0.1, 0.15) is 5.56 Å². The van der Waals surface area contributed by atoms with Crippen molar-refractivity contribution in [3.05, 3.63) is 38.1 Å². The first-order valence-corrected chi connectivity index (χ1v) is 5.11. The van der Waals surface area contributed by atoms with E-state index in [0.29, 0.717) is 0 Å². The molecule has 0 saturated carbocycles. The Kier molecular flexibility index (Phi) is 3.05. The maximum Gasteiger partial charge on any atom is 0.327 e. The summed E-state index contributed by atoms with van der Waals surface area (Å²) in [5, 5.41) is 31.3. The number of benzene rings is 1. The van der Waals surface area contributed by atoms with Crippen LogP contribution in [-0.2, 0) is 6.61 Å². The molecule has 0 aliphatic heterocycles. The maximum absolute atomic E-state index is 11.1. The van der Waals surface area contributed by atoms with E-state index in [0.717, 1.165) is 13.2 Å². The van der Waals surface area contributed by atoms with E-state index >= 15 is 0 Å². The molecule has 0 aliphatic carbocycles. The van der Waals surface area contributed by atoms with E-state index in [-0.39, 0.29) is 16.5 Å². The fourth-order valence-electron chi connectivity index (χ4n) is 1.95. The number of nitrogens with one attached hydrogen (secondary N) is 1. The van der Waals surface area contributed by atoms with Crippen LogP contribution in [0.4, 0.5) is 11.4 Å². The highest BCUT2D eigenvalue weighted by Crippen LogP contribution is 2.43. The Balaban J connectivity index is 2.97. The van der Waals surface area contributed by atoms with E-state index in [1.807, 2.05) is 0 Å². The van der Waals surface area contributed by atoms with Crippen molar-refractivity contribution in [1.82, 2.24) is 4.98 Å². The number of aliphatic hydroxyl groups excluding tert-OH is 1. The maximum atomic E-state index is 11.1. The molecule has 2 aromatic rings. The number of aliphatic hydroxyl groups is 1. The second-order valence-electron chi connectivity index (χ2n) is 3.69. The molecule has 0 spiro atoms. The summed E-state index contributed by atoms with van der Waals surface area (Å²) in [5.74, 6) is -0.434. The lowest BCUT2D eigenvalue weighted by atomic mass is 10.1. The van der Waals surface area contributed by atoms with Crippen LogP contribution in [0.5, 0.6) is 5.75 Å². The SMILES string of the molecule is COc1c([N+](=O)[O-])cc2[nH]cc(CO)c2c1[N+](=O)[O-]. The number of fused-ring (bicyclic) bond motifs is 1. The van der Waals surface area contributed by atoms with Crippen molar-refractivity contribution in [3.63, 3.8) is 0 Å². The highest BCUT2D eigenvalue weighted by atomic mass is 16.6. The van der Waals surface area contributed by atoms with Gasteiger partial charge in [0.1, 0.15) is 0 Å². The lowest BCUT2D eigenvalue weighted by Crippen LogP contribution is -2.00.